The molecular formula is C19H24F2N2. The number of anilines is 1. The topological polar surface area (TPSA) is 15.3 Å². The van der Waals surface area contributed by atoms with Gasteiger partial charge < -0.3 is 10.2 Å². The van der Waals surface area contributed by atoms with Gasteiger partial charge in [0.25, 0.3) is 0 Å². The molecule has 23 heavy (non-hydrogen) atoms. The number of nitrogens with zero attached hydrogens (tertiary/aromatic N) is 1. The summed E-state index contributed by atoms with van der Waals surface area (Å²) in [5, 5.41) is 3.21. The summed E-state index contributed by atoms with van der Waals surface area (Å²) < 4.78 is 27.5. The molecule has 0 aliphatic heterocycles. The van der Waals surface area contributed by atoms with Crippen molar-refractivity contribution in [3.63, 3.8) is 0 Å². The molecule has 0 spiro atoms. The second kappa shape index (κ2) is 8.63. The Labute approximate surface area is 137 Å². The molecule has 2 nitrogen and oxygen atoms in total. The third-order valence-electron chi connectivity index (χ3n) is 3.87. The van der Waals surface area contributed by atoms with E-state index in [1.807, 2.05) is 24.1 Å². The Bertz CT molecular complexity index is 629. The Balaban J connectivity index is 1.96. The van der Waals surface area contributed by atoms with Gasteiger partial charge in [0.1, 0.15) is 11.6 Å². The fourth-order valence-corrected chi connectivity index (χ4v) is 2.46. The second-order valence-electron chi connectivity index (χ2n) is 5.76. The summed E-state index contributed by atoms with van der Waals surface area (Å²) >= 11 is 0. The van der Waals surface area contributed by atoms with Gasteiger partial charge in [-0.3, -0.25) is 0 Å². The van der Waals surface area contributed by atoms with Gasteiger partial charge >= 0.3 is 0 Å². The Kier molecular flexibility index (Phi) is 6.53. The molecule has 1 N–H and O–H groups in total. The van der Waals surface area contributed by atoms with Crippen LogP contribution in [0, 0.1) is 11.6 Å². The first kappa shape index (κ1) is 17.4. The molecule has 0 unspecified atom stereocenters. The van der Waals surface area contributed by atoms with E-state index in [1.165, 1.54) is 12.1 Å². The average Bonchev–Trinajstić information content (AvgIpc) is 2.56. The average molecular weight is 318 g/mol. The van der Waals surface area contributed by atoms with Crippen molar-refractivity contribution in [2.45, 2.75) is 32.9 Å². The molecule has 0 heterocycles. The molecule has 4 heteroatoms. The van der Waals surface area contributed by atoms with Crippen molar-refractivity contribution in [2.24, 2.45) is 0 Å². The zero-order valence-corrected chi connectivity index (χ0v) is 13.8. The fraction of sp³-hybridized carbons (Fsp3) is 0.368. The summed E-state index contributed by atoms with van der Waals surface area (Å²) in [6.07, 6.45) is 2.11. The molecule has 2 aromatic rings. The van der Waals surface area contributed by atoms with Gasteiger partial charge in [0, 0.05) is 32.2 Å². The van der Waals surface area contributed by atoms with E-state index in [4.69, 9.17) is 0 Å². The Morgan fingerprint density at radius 1 is 1.00 bits per heavy atom. The van der Waals surface area contributed by atoms with Crippen molar-refractivity contribution in [2.75, 3.05) is 18.5 Å². The van der Waals surface area contributed by atoms with E-state index >= 15 is 0 Å². The van der Waals surface area contributed by atoms with Crippen molar-refractivity contribution >= 4 is 5.69 Å². The van der Waals surface area contributed by atoms with Gasteiger partial charge in [-0.2, -0.15) is 0 Å². The van der Waals surface area contributed by atoms with E-state index in [9.17, 15) is 8.78 Å². The number of benzene rings is 2. The maximum absolute atomic E-state index is 14.0. The lowest BCUT2D eigenvalue weighted by Crippen LogP contribution is -2.20. The van der Waals surface area contributed by atoms with Crippen LogP contribution in [0.4, 0.5) is 14.5 Å². The SMILES string of the molecule is CCCCN(C)c1cc(CNCc2ccccc2F)ccc1F. The van der Waals surface area contributed by atoms with E-state index < -0.39 is 0 Å². The number of rotatable bonds is 8. The number of halogens is 2. The smallest absolute Gasteiger partial charge is 0.146 e. The molecule has 0 bridgehead atoms. The van der Waals surface area contributed by atoms with Crippen molar-refractivity contribution in [3.05, 3.63) is 65.2 Å². The first-order valence-electron chi connectivity index (χ1n) is 8.05. The van der Waals surface area contributed by atoms with Crippen molar-refractivity contribution < 1.29 is 8.78 Å². The molecule has 0 amide bonds. The first-order valence-corrected chi connectivity index (χ1v) is 8.05. The first-order chi connectivity index (χ1) is 11.1. The summed E-state index contributed by atoms with van der Waals surface area (Å²) in [7, 11) is 1.91. The summed E-state index contributed by atoms with van der Waals surface area (Å²) in [5.74, 6) is -0.416. The van der Waals surface area contributed by atoms with Crippen LogP contribution in [-0.2, 0) is 13.1 Å². The van der Waals surface area contributed by atoms with Gasteiger partial charge in [-0.05, 0) is 30.2 Å². The highest BCUT2D eigenvalue weighted by Crippen LogP contribution is 2.20. The quantitative estimate of drug-likeness (QED) is 0.771. The van der Waals surface area contributed by atoms with Gasteiger partial charge in [-0.25, -0.2) is 8.78 Å². The Morgan fingerprint density at radius 2 is 1.78 bits per heavy atom. The molecule has 0 aromatic heterocycles. The van der Waals surface area contributed by atoms with Crippen LogP contribution in [0.25, 0.3) is 0 Å². The van der Waals surface area contributed by atoms with Gasteiger partial charge in [0.2, 0.25) is 0 Å². The van der Waals surface area contributed by atoms with Crippen molar-refractivity contribution in [1.29, 1.82) is 0 Å². The van der Waals surface area contributed by atoms with Crippen LogP contribution >= 0.6 is 0 Å². The van der Waals surface area contributed by atoms with Crippen LogP contribution < -0.4 is 10.2 Å². The van der Waals surface area contributed by atoms with E-state index in [0.717, 1.165) is 24.9 Å². The van der Waals surface area contributed by atoms with Crippen LogP contribution in [0.15, 0.2) is 42.5 Å². The van der Waals surface area contributed by atoms with E-state index in [2.05, 4.69) is 12.2 Å². The zero-order chi connectivity index (χ0) is 16.7. The molecule has 0 saturated carbocycles. The van der Waals surface area contributed by atoms with Gasteiger partial charge in [0.15, 0.2) is 0 Å². The van der Waals surface area contributed by atoms with Crippen molar-refractivity contribution in [1.82, 2.24) is 5.32 Å². The van der Waals surface area contributed by atoms with Gasteiger partial charge in [0.05, 0.1) is 5.69 Å². The number of hydrogen-bond acceptors (Lipinski definition) is 2. The zero-order valence-electron chi connectivity index (χ0n) is 13.8. The lowest BCUT2D eigenvalue weighted by molar-refractivity contribution is 0.587. The summed E-state index contributed by atoms with van der Waals surface area (Å²) in [6.45, 7) is 3.97. The maximum Gasteiger partial charge on any atom is 0.146 e. The number of nitrogens with one attached hydrogen (secondary N) is 1. The summed E-state index contributed by atoms with van der Waals surface area (Å²) in [5.41, 5.74) is 2.24. The van der Waals surface area contributed by atoms with Crippen molar-refractivity contribution in [3.8, 4) is 0 Å². The minimum atomic E-state index is -0.209. The van der Waals surface area contributed by atoms with Gasteiger partial charge in [-0.1, -0.05) is 37.6 Å². The third-order valence-corrected chi connectivity index (χ3v) is 3.87. The number of hydrogen-bond donors (Lipinski definition) is 1. The van der Waals surface area contributed by atoms with Crippen LogP contribution in [-0.4, -0.2) is 13.6 Å². The Hall–Kier alpha value is -1.94. The fourth-order valence-electron chi connectivity index (χ4n) is 2.46. The molecule has 0 fully saturated rings. The highest BCUT2D eigenvalue weighted by Gasteiger charge is 2.08. The molecule has 0 radical (unpaired) electrons. The molecular weight excluding hydrogens is 294 g/mol. The minimum absolute atomic E-state index is 0.207. The molecule has 124 valence electrons. The standard InChI is InChI=1S/C19H24F2N2/c1-3-4-11-23(2)19-12-15(9-10-18(19)21)13-22-14-16-7-5-6-8-17(16)20/h5-10,12,22H,3-4,11,13-14H2,1-2H3. The Morgan fingerprint density at radius 3 is 2.52 bits per heavy atom. The van der Waals surface area contributed by atoms with Crippen LogP contribution in [0.1, 0.15) is 30.9 Å². The van der Waals surface area contributed by atoms with Gasteiger partial charge in [-0.15, -0.1) is 0 Å². The molecule has 0 atom stereocenters. The van der Waals surface area contributed by atoms with E-state index in [0.29, 0.717) is 24.3 Å². The molecule has 0 aliphatic carbocycles. The van der Waals surface area contributed by atoms with Crippen LogP contribution in [0.5, 0.6) is 0 Å². The number of unbranched alkanes of at least 4 members (excludes halogenated alkanes) is 1. The minimum Gasteiger partial charge on any atom is -0.372 e. The summed E-state index contributed by atoms with van der Waals surface area (Å²) in [6, 6.07) is 11.8. The third kappa shape index (κ3) is 5.03. The van der Waals surface area contributed by atoms with Crippen LogP contribution in [0.2, 0.25) is 0 Å². The van der Waals surface area contributed by atoms with E-state index in [1.54, 1.807) is 18.2 Å². The predicted molar refractivity (Wildman–Crippen MR) is 91.5 cm³/mol. The largest absolute Gasteiger partial charge is 0.372 e. The lowest BCUT2D eigenvalue weighted by Gasteiger charge is -2.20. The van der Waals surface area contributed by atoms with Crippen LogP contribution in [0.3, 0.4) is 0 Å². The lowest BCUT2D eigenvalue weighted by atomic mass is 10.1. The predicted octanol–water partition coefficient (Wildman–Crippen LogP) is 4.49. The second-order valence-corrected chi connectivity index (χ2v) is 5.76. The maximum atomic E-state index is 14.0. The molecule has 0 aliphatic rings. The molecule has 2 rings (SSSR count). The monoisotopic (exact) mass is 318 g/mol. The van der Waals surface area contributed by atoms with E-state index in [-0.39, 0.29) is 11.6 Å². The normalized spacial score (nSPS) is 10.8. The highest BCUT2D eigenvalue weighted by molar-refractivity contribution is 5.49. The summed E-state index contributed by atoms with van der Waals surface area (Å²) in [4.78, 5) is 1.94. The molecule has 0 saturated heterocycles. The highest BCUT2D eigenvalue weighted by atomic mass is 19.1. The molecule has 2 aromatic carbocycles.